The number of amides is 1. The quantitative estimate of drug-likeness (QED) is 0.869. The summed E-state index contributed by atoms with van der Waals surface area (Å²) >= 11 is 0. The molecule has 1 amide bonds. The van der Waals surface area contributed by atoms with Gasteiger partial charge in [-0.1, -0.05) is 24.3 Å². The number of carbonyl (C=O) groups excluding carboxylic acids is 1. The van der Waals surface area contributed by atoms with Gasteiger partial charge >= 0.3 is 5.97 Å². The standard InChI is InChI=1S/C20H18N2O5/c1-26-18-8-13(10-21)6-7-17(18)27-12-19(23)22-11-15-5-3-2-4-14(15)9-16(22)20(24)25/h2-8,16H,9,11-12H2,1H3,(H,24,25). The number of benzene rings is 2. The van der Waals surface area contributed by atoms with E-state index < -0.39 is 17.9 Å². The number of ether oxygens (including phenoxy) is 2. The number of aliphatic carboxylic acids is 1. The summed E-state index contributed by atoms with van der Waals surface area (Å²) in [5.41, 5.74) is 2.27. The molecular weight excluding hydrogens is 348 g/mol. The van der Waals surface area contributed by atoms with Gasteiger partial charge in [0.1, 0.15) is 6.04 Å². The molecule has 2 aromatic rings. The molecule has 0 bridgehead atoms. The zero-order valence-electron chi connectivity index (χ0n) is 14.7. The van der Waals surface area contributed by atoms with Crippen molar-refractivity contribution < 1.29 is 24.2 Å². The van der Waals surface area contributed by atoms with E-state index in [0.717, 1.165) is 11.1 Å². The van der Waals surface area contributed by atoms with E-state index >= 15 is 0 Å². The smallest absolute Gasteiger partial charge is 0.326 e. The molecule has 0 saturated heterocycles. The molecule has 1 heterocycles. The van der Waals surface area contributed by atoms with E-state index in [1.54, 1.807) is 12.1 Å². The van der Waals surface area contributed by atoms with E-state index in [4.69, 9.17) is 14.7 Å². The summed E-state index contributed by atoms with van der Waals surface area (Å²) in [6.07, 6.45) is 0.261. The van der Waals surface area contributed by atoms with E-state index in [1.165, 1.54) is 18.1 Å². The van der Waals surface area contributed by atoms with Crippen LogP contribution in [0.5, 0.6) is 11.5 Å². The van der Waals surface area contributed by atoms with Crippen molar-refractivity contribution in [3.8, 4) is 17.6 Å². The molecule has 27 heavy (non-hydrogen) atoms. The lowest BCUT2D eigenvalue weighted by atomic mass is 9.94. The minimum Gasteiger partial charge on any atom is -0.493 e. The number of hydrogen-bond donors (Lipinski definition) is 1. The summed E-state index contributed by atoms with van der Waals surface area (Å²) in [4.78, 5) is 25.6. The van der Waals surface area contributed by atoms with Crippen molar-refractivity contribution in [2.24, 2.45) is 0 Å². The fourth-order valence-electron chi connectivity index (χ4n) is 3.08. The molecule has 0 spiro atoms. The maximum absolute atomic E-state index is 12.7. The Morgan fingerprint density at radius 1 is 1.22 bits per heavy atom. The van der Waals surface area contributed by atoms with Gasteiger partial charge in [0.15, 0.2) is 18.1 Å². The Bertz CT molecular complexity index is 919. The third-order valence-electron chi connectivity index (χ3n) is 4.50. The molecule has 0 saturated carbocycles. The van der Waals surface area contributed by atoms with Crippen molar-refractivity contribution in [3.63, 3.8) is 0 Å². The first-order chi connectivity index (χ1) is 13.0. The van der Waals surface area contributed by atoms with Crippen molar-refractivity contribution in [2.45, 2.75) is 19.0 Å². The van der Waals surface area contributed by atoms with E-state index in [0.29, 0.717) is 17.1 Å². The van der Waals surface area contributed by atoms with Gasteiger partial charge in [0.2, 0.25) is 0 Å². The first kappa shape index (κ1) is 18.3. The summed E-state index contributed by atoms with van der Waals surface area (Å²) in [5, 5.41) is 18.5. The van der Waals surface area contributed by atoms with E-state index in [2.05, 4.69) is 0 Å². The zero-order valence-corrected chi connectivity index (χ0v) is 14.7. The van der Waals surface area contributed by atoms with E-state index in [-0.39, 0.29) is 19.6 Å². The Hall–Kier alpha value is -3.53. The van der Waals surface area contributed by atoms with Crippen LogP contribution in [-0.2, 0) is 22.6 Å². The Kier molecular flexibility index (Phi) is 5.27. The number of nitrogens with zero attached hydrogens (tertiary/aromatic N) is 2. The Morgan fingerprint density at radius 3 is 2.63 bits per heavy atom. The molecule has 0 aromatic heterocycles. The first-order valence-corrected chi connectivity index (χ1v) is 8.33. The normalized spacial score (nSPS) is 15.4. The summed E-state index contributed by atoms with van der Waals surface area (Å²) < 4.78 is 10.7. The first-order valence-electron chi connectivity index (χ1n) is 8.33. The Labute approximate surface area is 156 Å². The molecule has 1 atom stereocenters. The van der Waals surface area contributed by atoms with Crippen LogP contribution >= 0.6 is 0 Å². The molecule has 1 aliphatic rings. The fourth-order valence-corrected chi connectivity index (χ4v) is 3.08. The molecule has 2 aromatic carbocycles. The highest BCUT2D eigenvalue weighted by Gasteiger charge is 2.34. The highest BCUT2D eigenvalue weighted by molar-refractivity contribution is 5.85. The average molecular weight is 366 g/mol. The van der Waals surface area contributed by atoms with Gasteiger partial charge < -0.3 is 19.5 Å². The van der Waals surface area contributed by atoms with Crippen LogP contribution in [0.15, 0.2) is 42.5 Å². The van der Waals surface area contributed by atoms with Crippen LogP contribution < -0.4 is 9.47 Å². The molecule has 138 valence electrons. The molecule has 1 unspecified atom stereocenters. The molecule has 7 nitrogen and oxygen atoms in total. The van der Waals surface area contributed by atoms with E-state index in [1.807, 2.05) is 30.3 Å². The maximum atomic E-state index is 12.7. The van der Waals surface area contributed by atoms with Crippen LogP contribution in [0.25, 0.3) is 0 Å². The van der Waals surface area contributed by atoms with Crippen molar-refractivity contribution in [3.05, 3.63) is 59.2 Å². The van der Waals surface area contributed by atoms with Crippen molar-refractivity contribution >= 4 is 11.9 Å². The topological polar surface area (TPSA) is 99.9 Å². The van der Waals surface area contributed by atoms with E-state index in [9.17, 15) is 14.7 Å². The van der Waals surface area contributed by atoms with Crippen LogP contribution in [0.4, 0.5) is 0 Å². The fraction of sp³-hybridized carbons (Fsp3) is 0.250. The second kappa shape index (κ2) is 7.79. The predicted octanol–water partition coefficient (Wildman–Crippen LogP) is 1.98. The maximum Gasteiger partial charge on any atom is 0.326 e. The lowest BCUT2D eigenvalue weighted by Gasteiger charge is -2.34. The molecule has 0 aliphatic carbocycles. The van der Waals surface area contributed by atoms with Crippen molar-refractivity contribution in [2.75, 3.05) is 13.7 Å². The number of methoxy groups -OCH3 is 1. The Balaban J connectivity index is 1.75. The largest absolute Gasteiger partial charge is 0.493 e. The number of nitriles is 1. The lowest BCUT2D eigenvalue weighted by molar-refractivity contribution is -0.152. The van der Waals surface area contributed by atoms with Gasteiger partial charge in [-0.15, -0.1) is 0 Å². The van der Waals surface area contributed by atoms with Crippen LogP contribution in [0.1, 0.15) is 16.7 Å². The minimum atomic E-state index is -1.05. The summed E-state index contributed by atoms with van der Waals surface area (Å²) in [6, 6.07) is 13.2. The number of carboxylic acids is 1. The lowest BCUT2D eigenvalue weighted by Crippen LogP contribution is -2.50. The van der Waals surface area contributed by atoms with Crippen molar-refractivity contribution in [1.82, 2.24) is 4.90 Å². The number of hydrogen-bond acceptors (Lipinski definition) is 5. The number of fused-ring (bicyclic) bond motifs is 1. The minimum absolute atomic E-state index is 0.222. The summed E-state index contributed by atoms with van der Waals surface area (Å²) in [7, 11) is 1.44. The highest BCUT2D eigenvalue weighted by atomic mass is 16.5. The average Bonchev–Trinajstić information content (AvgIpc) is 2.70. The highest BCUT2D eigenvalue weighted by Crippen LogP contribution is 2.28. The third kappa shape index (κ3) is 3.85. The van der Waals surface area contributed by atoms with Gasteiger partial charge in [0, 0.05) is 19.0 Å². The van der Waals surface area contributed by atoms with Gasteiger partial charge in [0.05, 0.1) is 18.7 Å². The van der Waals surface area contributed by atoms with Gasteiger partial charge in [-0.2, -0.15) is 5.26 Å². The summed E-state index contributed by atoms with van der Waals surface area (Å²) in [5.74, 6) is -0.827. The monoisotopic (exact) mass is 366 g/mol. The van der Waals surface area contributed by atoms with Gasteiger partial charge in [-0.25, -0.2) is 4.79 Å². The van der Waals surface area contributed by atoms with Crippen LogP contribution in [0, 0.1) is 11.3 Å². The second-order valence-corrected chi connectivity index (χ2v) is 6.11. The Morgan fingerprint density at radius 2 is 1.96 bits per heavy atom. The predicted molar refractivity (Wildman–Crippen MR) is 95.3 cm³/mol. The third-order valence-corrected chi connectivity index (χ3v) is 4.50. The molecule has 0 fully saturated rings. The zero-order chi connectivity index (χ0) is 19.4. The molecule has 3 rings (SSSR count). The molecule has 7 heteroatoms. The number of carbonyl (C=O) groups is 2. The van der Waals surface area contributed by atoms with Gasteiger partial charge in [-0.05, 0) is 23.3 Å². The SMILES string of the molecule is COc1cc(C#N)ccc1OCC(=O)N1Cc2ccccc2CC1C(=O)O. The molecule has 1 aliphatic heterocycles. The van der Waals surface area contributed by atoms with Crippen LogP contribution in [-0.4, -0.2) is 41.6 Å². The van der Waals surface area contributed by atoms with Gasteiger partial charge in [0.25, 0.3) is 5.91 Å². The second-order valence-electron chi connectivity index (χ2n) is 6.11. The number of carboxylic acid groups (broad SMARTS) is 1. The molecular formula is C20H18N2O5. The molecule has 0 radical (unpaired) electrons. The van der Waals surface area contributed by atoms with Crippen molar-refractivity contribution in [1.29, 1.82) is 5.26 Å². The number of rotatable bonds is 5. The summed E-state index contributed by atoms with van der Waals surface area (Å²) in [6.45, 7) is -0.103. The van der Waals surface area contributed by atoms with Crippen LogP contribution in [0.3, 0.4) is 0 Å². The van der Waals surface area contributed by atoms with Gasteiger partial charge in [-0.3, -0.25) is 4.79 Å². The van der Waals surface area contributed by atoms with Crippen LogP contribution in [0.2, 0.25) is 0 Å². The molecule has 1 N–H and O–H groups in total.